The van der Waals surface area contributed by atoms with Gasteiger partial charge in [-0.3, -0.25) is 14.5 Å². The van der Waals surface area contributed by atoms with Gasteiger partial charge in [-0.25, -0.2) is 0 Å². The number of nitrogens with zero attached hydrogens (tertiary/aromatic N) is 2. The van der Waals surface area contributed by atoms with Gasteiger partial charge in [-0.05, 0) is 61.9 Å². The predicted octanol–water partition coefficient (Wildman–Crippen LogP) is 1.37. The molecule has 0 bridgehead atoms. The third-order valence-electron chi connectivity index (χ3n) is 5.97. The number of morpholine rings is 1. The van der Waals surface area contributed by atoms with Crippen LogP contribution in [0.5, 0.6) is 0 Å². The average Bonchev–Trinajstić information content (AvgIpc) is 3.31. The molecule has 27 heavy (non-hydrogen) atoms. The minimum Gasteiger partial charge on any atom is -0.379 e. The first kappa shape index (κ1) is 18.4. The Bertz CT molecular complexity index is 700. The zero-order valence-corrected chi connectivity index (χ0v) is 15.9. The lowest BCUT2D eigenvalue weighted by Crippen LogP contribution is -2.40. The number of benzene rings is 1. The van der Waals surface area contributed by atoms with E-state index in [0.717, 1.165) is 57.8 Å². The van der Waals surface area contributed by atoms with Crippen molar-refractivity contribution in [3.8, 4) is 0 Å². The van der Waals surface area contributed by atoms with Crippen LogP contribution in [0.25, 0.3) is 0 Å². The normalized spacial score (nSPS) is 22.9. The Hall–Kier alpha value is -1.92. The number of anilines is 1. The maximum absolute atomic E-state index is 12.8. The number of carbonyl (C=O) groups excluding carboxylic acids is 2. The fourth-order valence-corrected chi connectivity index (χ4v) is 4.37. The van der Waals surface area contributed by atoms with Gasteiger partial charge in [-0.1, -0.05) is 6.07 Å². The fraction of sp³-hybridized carbons (Fsp3) is 0.619. The summed E-state index contributed by atoms with van der Waals surface area (Å²) in [5.74, 6) is -0.717. The molecule has 0 aromatic heterocycles. The van der Waals surface area contributed by atoms with E-state index in [-0.39, 0.29) is 11.8 Å². The lowest BCUT2D eigenvalue weighted by atomic mass is 10.1. The summed E-state index contributed by atoms with van der Waals surface area (Å²) >= 11 is 0. The molecule has 1 atom stereocenters. The highest BCUT2D eigenvalue weighted by atomic mass is 16.5. The van der Waals surface area contributed by atoms with Crippen LogP contribution in [-0.4, -0.2) is 62.7 Å². The van der Waals surface area contributed by atoms with Gasteiger partial charge in [-0.15, -0.1) is 0 Å². The second kappa shape index (κ2) is 8.40. The van der Waals surface area contributed by atoms with Crippen molar-refractivity contribution in [3.63, 3.8) is 0 Å². The van der Waals surface area contributed by atoms with Gasteiger partial charge in [0.05, 0.1) is 13.2 Å². The summed E-state index contributed by atoms with van der Waals surface area (Å²) in [5.41, 5.74) is 3.71. The highest BCUT2D eigenvalue weighted by Gasteiger charge is 2.37. The molecule has 2 amide bonds. The van der Waals surface area contributed by atoms with E-state index in [1.54, 1.807) is 4.90 Å². The number of amides is 2. The Balaban J connectivity index is 1.26. The molecule has 1 aromatic rings. The van der Waals surface area contributed by atoms with E-state index in [4.69, 9.17) is 4.74 Å². The van der Waals surface area contributed by atoms with Crippen LogP contribution in [0.3, 0.4) is 0 Å². The molecule has 0 radical (unpaired) electrons. The van der Waals surface area contributed by atoms with Crippen LogP contribution in [0.2, 0.25) is 0 Å². The number of nitrogens with one attached hydrogen (secondary N) is 1. The molecule has 1 N–H and O–H groups in total. The minimum absolute atomic E-state index is 0.0568. The largest absolute Gasteiger partial charge is 0.379 e. The van der Waals surface area contributed by atoms with Crippen LogP contribution >= 0.6 is 0 Å². The first-order valence-corrected chi connectivity index (χ1v) is 10.2. The molecular formula is C21H29N3O3. The Morgan fingerprint density at radius 1 is 1.15 bits per heavy atom. The van der Waals surface area contributed by atoms with Crippen LogP contribution in [-0.2, 0) is 27.2 Å². The highest BCUT2D eigenvalue weighted by Crippen LogP contribution is 2.30. The number of carbonyl (C=O) groups is 2. The number of hydrogen-bond acceptors (Lipinski definition) is 4. The van der Waals surface area contributed by atoms with E-state index in [2.05, 4.69) is 22.3 Å². The van der Waals surface area contributed by atoms with Crippen LogP contribution in [0.15, 0.2) is 18.2 Å². The van der Waals surface area contributed by atoms with Crippen molar-refractivity contribution < 1.29 is 14.3 Å². The third kappa shape index (κ3) is 4.17. The van der Waals surface area contributed by atoms with E-state index >= 15 is 0 Å². The topological polar surface area (TPSA) is 61.9 Å². The van der Waals surface area contributed by atoms with E-state index in [1.807, 2.05) is 6.07 Å². The molecule has 146 valence electrons. The summed E-state index contributed by atoms with van der Waals surface area (Å²) in [6, 6.07) is 6.32. The monoisotopic (exact) mass is 371 g/mol. The molecule has 2 saturated heterocycles. The van der Waals surface area contributed by atoms with Gasteiger partial charge < -0.3 is 15.0 Å². The van der Waals surface area contributed by atoms with Crippen molar-refractivity contribution in [3.05, 3.63) is 29.3 Å². The predicted molar refractivity (Wildman–Crippen MR) is 104 cm³/mol. The molecule has 6 nitrogen and oxygen atoms in total. The quantitative estimate of drug-likeness (QED) is 0.606. The van der Waals surface area contributed by atoms with Gasteiger partial charge >= 0.3 is 0 Å². The van der Waals surface area contributed by atoms with Gasteiger partial charge in [0.15, 0.2) is 0 Å². The second-order valence-electron chi connectivity index (χ2n) is 7.74. The Morgan fingerprint density at radius 3 is 2.81 bits per heavy atom. The molecule has 0 saturated carbocycles. The molecule has 4 rings (SSSR count). The van der Waals surface area contributed by atoms with Crippen molar-refractivity contribution in [1.82, 2.24) is 10.2 Å². The first-order valence-electron chi connectivity index (χ1n) is 10.2. The molecule has 2 aliphatic heterocycles. The zero-order valence-electron chi connectivity index (χ0n) is 15.9. The Labute approximate surface area is 160 Å². The molecule has 1 aromatic carbocycles. The molecule has 2 fully saturated rings. The number of rotatable bonds is 6. The maximum Gasteiger partial charge on any atom is 0.239 e. The Morgan fingerprint density at radius 2 is 1.96 bits per heavy atom. The molecular weight excluding hydrogens is 342 g/mol. The fourth-order valence-electron chi connectivity index (χ4n) is 4.37. The summed E-state index contributed by atoms with van der Waals surface area (Å²) < 4.78 is 5.34. The second-order valence-corrected chi connectivity index (χ2v) is 7.74. The lowest BCUT2D eigenvalue weighted by molar-refractivity contribution is -0.132. The number of hydrogen-bond donors (Lipinski definition) is 1. The standard InChI is InChI=1S/C21H29N3O3/c25-20(22-8-2-9-23-11-13-27-14-12-23)19-7-10-24(21(19)26)18-6-5-16-3-1-4-17(16)15-18/h5-6,15,19H,1-4,7-14H2,(H,22,25). The minimum atomic E-state index is -0.540. The first-order chi connectivity index (χ1) is 13.2. The van der Waals surface area contributed by atoms with Crippen molar-refractivity contribution in [2.24, 2.45) is 5.92 Å². The Kier molecular flexibility index (Phi) is 5.74. The molecule has 1 unspecified atom stereocenters. The summed E-state index contributed by atoms with van der Waals surface area (Å²) in [5, 5.41) is 2.96. The molecule has 1 aliphatic carbocycles. The lowest BCUT2D eigenvalue weighted by Gasteiger charge is -2.26. The average molecular weight is 371 g/mol. The van der Waals surface area contributed by atoms with Crippen molar-refractivity contribution in [1.29, 1.82) is 0 Å². The van der Waals surface area contributed by atoms with Crippen LogP contribution in [0, 0.1) is 5.92 Å². The SMILES string of the molecule is O=C(NCCCN1CCOCC1)C1CCN(c2ccc3c(c2)CCC3)C1=O. The number of aryl methyl sites for hydroxylation is 2. The van der Waals surface area contributed by atoms with Crippen molar-refractivity contribution in [2.45, 2.75) is 32.1 Å². The van der Waals surface area contributed by atoms with Gasteiger partial charge in [0.1, 0.15) is 5.92 Å². The highest BCUT2D eigenvalue weighted by molar-refractivity contribution is 6.09. The van der Waals surface area contributed by atoms with Crippen LogP contribution in [0.1, 0.15) is 30.4 Å². The van der Waals surface area contributed by atoms with Gasteiger partial charge in [0.25, 0.3) is 0 Å². The summed E-state index contributed by atoms with van der Waals surface area (Å²) in [4.78, 5) is 29.4. The van der Waals surface area contributed by atoms with E-state index in [0.29, 0.717) is 19.5 Å². The summed E-state index contributed by atoms with van der Waals surface area (Å²) in [6.07, 6.45) is 4.94. The van der Waals surface area contributed by atoms with Gasteiger partial charge in [0, 0.05) is 31.9 Å². The number of ether oxygens (including phenoxy) is 1. The van der Waals surface area contributed by atoms with Gasteiger partial charge in [0.2, 0.25) is 11.8 Å². The maximum atomic E-state index is 12.8. The molecule has 6 heteroatoms. The van der Waals surface area contributed by atoms with E-state index in [1.165, 1.54) is 17.5 Å². The zero-order chi connectivity index (χ0) is 18.6. The van der Waals surface area contributed by atoms with Crippen molar-refractivity contribution in [2.75, 3.05) is 50.8 Å². The van der Waals surface area contributed by atoms with Crippen LogP contribution in [0.4, 0.5) is 5.69 Å². The van der Waals surface area contributed by atoms with E-state index < -0.39 is 5.92 Å². The molecule has 0 spiro atoms. The van der Waals surface area contributed by atoms with Crippen LogP contribution < -0.4 is 10.2 Å². The van der Waals surface area contributed by atoms with E-state index in [9.17, 15) is 9.59 Å². The molecule has 2 heterocycles. The summed E-state index contributed by atoms with van der Waals surface area (Å²) in [6.45, 7) is 5.73. The summed E-state index contributed by atoms with van der Waals surface area (Å²) in [7, 11) is 0. The van der Waals surface area contributed by atoms with Crippen molar-refractivity contribution >= 4 is 17.5 Å². The number of fused-ring (bicyclic) bond motifs is 1. The smallest absolute Gasteiger partial charge is 0.239 e. The molecule has 3 aliphatic rings. The van der Waals surface area contributed by atoms with Gasteiger partial charge in [-0.2, -0.15) is 0 Å². The third-order valence-corrected chi connectivity index (χ3v) is 5.97.